The fraction of sp³-hybridized carbons (Fsp3) is 0.353. The standard InChI is InChI=1S/C17H17NO3/c1-11-9-13-16(17(19)20-11)14-7-8-15(21-14)18(13)10-12-5-3-2-4-6-12/h2-6,9,14-15H,7-8,10H2,1H3/t14-,15+/m0/s1. The van der Waals surface area contributed by atoms with Gasteiger partial charge in [-0.25, -0.2) is 4.79 Å². The van der Waals surface area contributed by atoms with Gasteiger partial charge in [-0.2, -0.15) is 0 Å². The molecule has 21 heavy (non-hydrogen) atoms. The van der Waals surface area contributed by atoms with Crippen LogP contribution >= 0.6 is 0 Å². The molecule has 0 aliphatic carbocycles. The highest BCUT2D eigenvalue weighted by molar-refractivity contribution is 5.57. The summed E-state index contributed by atoms with van der Waals surface area (Å²) in [5.74, 6) is 0.651. The zero-order valence-electron chi connectivity index (χ0n) is 11.9. The van der Waals surface area contributed by atoms with Crippen molar-refractivity contribution in [2.75, 3.05) is 4.90 Å². The van der Waals surface area contributed by atoms with Crippen molar-refractivity contribution in [1.29, 1.82) is 0 Å². The lowest BCUT2D eigenvalue weighted by Gasteiger charge is -2.36. The van der Waals surface area contributed by atoms with Crippen LogP contribution in [0.3, 0.4) is 0 Å². The lowest BCUT2D eigenvalue weighted by Crippen LogP contribution is -2.39. The van der Waals surface area contributed by atoms with Gasteiger partial charge in [-0.15, -0.1) is 0 Å². The van der Waals surface area contributed by atoms with Crippen LogP contribution in [0.5, 0.6) is 0 Å². The van der Waals surface area contributed by atoms with Crippen molar-refractivity contribution < 1.29 is 9.15 Å². The van der Waals surface area contributed by atoms with Crippen LogP contribution in [0.15, 0.2) is 45.6 Å². The highest BCUT2D eigenvalue weighted by Gasteiger charge is 2.41. The minimum atomic E-state index is -0.256. The molecule has 108 valence electrons. The first-order valence-corrected chi connectivity index (χ1v) is 7.33. The average molecular weight is 283 g/mol. The molecule has 0 saturated carbocycles. The molecule has 4 nitrogen and oxygen atoms in total. The molecule has 2 aliphatic heterocycles. The van der Waals surface area contributed by atoms with Crippen molar-refractivity contribution >= 4 is 5.69 Å². The molecule has 2 atom stereocenters. The van der Waals surface area contributed by atoms with Crippen molar-refractivity contribution in [3.05, 3.63) is 63.7 Å². The third-order valence-corrected chi connectivity index (χ3v) is 4.26. The molecule has 0 radical (unpaired) electrons. The summed E-state index contributed by atoms with van der Waals surface area (Å²) in [4.78, 5) is 14.4. The van der Waals surface area contributed by atoms with Crippen LogP contribution in [-0.2, 0) is 11.3 Å². The van der Waals surface area contributed by atoms with E-state index in [9.17, 15) is 4.79 Å². The first-order valence-electron chi connectivity index (χ1n) is 7.33. The maximum Gasteiger partial charge on any atom is 0.343 e. The number of rotatable bonds is 2. The Bertz CT molecular complexity index is 723. The highest BCUT2D eigenvalue weighted by Crippen LogP contribution is 2.44. The molecule has 2 aliphatic rings. The number of ether oxygens (including phenoxy) is 1. The predicted octanol–water partition coefficient (Wildman–Crippen LogP) is 3.15. The van der Waals surface area contributed by atoms with Gasteiger partial charge in [0, 0.05) is 12.6 Å². The smallest absolute Gasteiger partial charge is 0.343 e. The normalized spacial score (nSPS) is 23.2. The molecule has 2 bridgehead atoms. The summed E-state index contributed by atoms with van der Waals surface area (Å²) in [6.07, 6.45) is 1.79. The van der Waals surface area contributed by atoms with Gasteiger partial charge in [-0.05, 0) is 25.3 Å². The molecule has 1 aromatic heterocycles. The van der Waals surface area contributed by atoms with E-state index < -0.39 is 0 Å². The van der Waals surface area contributed by atoms with E-state index >= 15 is 0 Å². The quantitative estimate of drug-likeness (QED) is 0.849. The van der Waals surface area contributed by atoms with Gasteiger partial charge in [-0.3, -0.25) is 0 Å². The second-order valence-corrected chi connectivity index (χ2v) is 5.71. The summed E-state index contributed by atoms with van der Waals surface area (Å²) in [6, 6.07) is 12.2. The van der Waals surface area contributed by atoms with Crippen molar-refractivity contribution in [3.8, 4) is 0 Å². The van der Waals surface area contributed by atoms with Gasteiger partial charge < -0.3 is 14.1 Å². The van der Waals surface area contributed by atoms with E-state index in [1.165, 1.54) is 5.56 Å². The van der Waals surface area contributed by atoms with Crippen molar-refractivity contribution in [1.82, 2.24) is 0 Å². The summed E-state index contributed by atoms with van der Waals surface area (Å²) in [6.45, 7) is 2.56. The lowest BCUT2D eigenvalue weighted by molar-refractivity contribution is 0.0287. The Kier molecular flexibility index (Phi) is 2.86. The monoisotopic (exact) mass is 283 g/mol. The van der Waals surface area contributed by atoms with Crippen LogP contribution in [0.4, 0.5) is 5.69 Å². The van der Waals surface area contributed by atoms with Gasteiger partial charge >= 0.3 is 5.63 Å². The van der Waals surface area contributed by atoms with Gasteiger partial charge in [0.1, 0.15) is 12.0 Å². The minimum absolute atomic E-state index is 0.0592. The average Bonchev–Trinajstić information content (AvgIpc) is 2.89. The molecule has 2 aromatic rings. The molecule has 0 unspecified atom stereocenters. The molecule has 0 N–H and O–H groups in total. The molecule has 0 amide bonds. The third-order valence-electron chi connectivity index (χ3n) is 4.26. The Morgan fingerprint density at radius 1 is 1.24 bits per heavy atom. The van der Waals surface area contributed by atoms with Crippen molar-refractivity contribution in [3.63, 3.8) is 0 Å². The SMILES string of the molecule is Cc1cc2c(c(=O)o1)[C@@H]1CC[C@@H](O1)N2Cc1ccccc1. The summed E-state index contributed by atoms with van der Waals surface area (Å²) in [5, 5.41) is 0. The molecule has 1 saturated heterocycles. The molecule has 0 spiro atoms. The topological polar surface area (TPSA) is 42.7 Å². The molecule has 4 heteroatoms. The first-order chi connectivity index (χ1) is 10.2. The largest absolute Gasteiger partial charge is 0.428 e. The number of aryl methyl sites for hydroxylation is 1. The Balaban J connectivity index is 1.80. The summed E-state index contributed by atoms with van der Waals surface area (Å²) in [5.41, 5.74) is 2.62. The number of nitrogens with zero attached hydrogens (tertiary/aromatic N) is 1. The number of benzene rings is 1. The number of hydrogen-bond acceptors (Lipinski definition) is 4. The van der Waals surface area contributed by atoms with Gasteiger partial charge in [0.05, 0.1) is 17.4 Å². The van der Waals surface area contributed by atoms with Gasteiger partial charge in [0.15, 0.2) is 0 Å². The molecular weight excluding hydrogens is 266 g/mol. The molecule has 4 rings (SSSR count). The zero-order chi connectivity index (χ0) is 14.4. The minimum Gasteiger partial charge on any atom is -0.428 e. The maximum absolute atomic E-state index is 12.2. The van der Waals surface area contributed by atoms with Crippen LogP contribution in [0, 0.1) is 6.92 Å². The van der Waals surface area contributed by atoms with Crippen LogP contribution in [0.25, 0.3) is 0 Å². The third kappa shape index (κ3) is 2.07. The number of fused-ring (bicyclic) bond motifs is 4. The van der Waals surface area contributed by atoms with E-state index in [0.717, 1.165) is 25.1 Å². The Hall–Kier alpha value is -2.07. The predicted molar refractivity (Wildman–Crippen MR) is 79.2 cm³/mol. The van der Waals surface area contributed by atoms with Crippen LogP contribution < -0.4 is 10.5 Å². The van der Waals surface area contributed by atoms with E-state index in [0.29, 0.717) is 11.3 Å². The van der Waals surface area contributed by atoms with Crippen LogP contribution in [0.2, 0.25) is 0 Å². The summed E-state index contributed by atoms with van der Waals surface area (Å²) >= 11 is 0. The van der Waals surface area contributed by atoms with E-state index in [4.69, 9.17) is 9.15 Å². The van der Waals surface area contributed by atoms with Crippen molar-refractivity contribution in [2.45, 2.75) is 38.6 Å². The fourth-order valence-corrected chi connectivity index (χ4v) is 3.32. The van der Waals surface area contributed by atoms with E-state index in [-0.39, 0.29) is 18.0 Å². The van der Waals surface area contributed by atoms with E-state index in [1.54, 1.807) is 0 Å². The van der Waals surface area contributed by atoms with Crippen molar-refractivity contribution in [2.24, 2.45) is 0 Å². The molecular formula is C17H17NO3. The Morgan fingerprint density at radius 2 is 2.05 bits per heavy atom. The first kappa shape index (κ1) is 12.7. The zero-order valence-corrected chi connectivity index (χ0v) is 11.9. The maximum atomic E-state index is 12.2. The van der Waals surface area contributed by atoms with E-state index in [1.807, 2.05) is 31.2 Å². The van der Waals surface area contributed by atoms with Crippen LogP contribution in [0.1, 0.15) is 35.8 Å². The highest BCUT2D eigenvalue weighted by atomic mass is 16.5. The molecule has 3 heterocycles. The summed E-state index contributed by atoms with van der Waals surface area (Å²) < 4.78 is 11.3. The van der Waals surface area contributed by atoms with Gasteiger partial charge in [0.25, 0.3) is 0 Å². The lowest BCUT2D eigenvalue weighted by atomic mass is 10.1. The second kappa shape index (κ2) is 4.74. The van der Waals surface area contributed by atoms with Gasteiger partial charge in [-0.1, -0.05) is 30.3 Å². The molecule has 1 aromatic carbocycles. The Labute approximate surface area is 123 Å². The Morgan fingerprint density at radius 3 is 2.86 bits per heavy atom. The van der Waals surface area contributed by atoms with Crippen LogP contribution in [-0.4, -0.2) is 6.23 Å². The fourth-order valence-electron chi connectivity index (χ4n) is 3.32. The molecule has 1 fully saturated rings. The number of anilines is 1. The second-order valence-electron chi connectivity index (χ2n) is 5.71. The van der Waals surface area contributed by atoms with Gasteiger partial charge in [0.2, 0.25) is 0 Å². The van der Waals surface area contributed by atoms with E-state index in [2.05, 4.69) is 17.0 Å². The number of hydrogen-bond donors (Lipinski definition) is 0. The summed E-state index contributed by atoms with van der Waals surface area (Å²) in [7, 11) is 0.